The zero-order valence-corrected chi connectivity index (χ0v) is 15.5. The fourth-order valence-corrected chi connectivity index (χ4v) is 5.44. The lowest BCUT2D eigenvalue weighted by atomic mass is 9.94. The van der Waals surface area contributed by atoms with Gasteiger partial charge in [-0.3, -0.25) is 0 Å². The first-order valence-electron chi connectivity index (χ1n) is 8.65. The summed E-state index contributed by atoms with van der Waals surface area (Å²) in [4.78, 5) is -0.273. The van der Waals surface area contributed by atoms with Crippen LogP contribution in [0, 0.1) is 0 Å². The number of hydrogen-bond donors (Lipinski definition) is 0. The maximum absolute atomic E-state index is 14.1. The second-order valence-electron chi connectivity index (χ2n) is 6.40. The Morgan fingerprint density at radius 1 is 0.846 bits per heavy atom. The lowest BCUT2D eigenvalue weighted by molar-refractivity contribution is -0.165. The van der Waals surface area contributed by atoms with Gasteiger partial charge in [-0.15, -0.1) is 0 Å². The molecule has 0 heterocycles. The van der Waals surface area contributed by atoms with E-state index in [1.54, 1.807) is 13.0 Å². The molecule has 1 atom stereocenters. The molecule has 26 heavy (non-hydrogen) atoms. The predicted octanol–water partition coefficient (Wildman–Crippen LogP) is 5.58. The van der Waals surface area contributed by atoms with Crippen LogP contribution in [0.25, 0.3) is 0 Å². The van der Waals surface area contributed by atoms with Crippen LogP contribution in [0.5, 0.6) is 0 Å². The van der Waals surface area contributed by atoms with Gasteiger partial charge in [0.25, 0.3) is 0 Å². The van der Waals surface area contributed by atoms with Crippen molar-refractivity contribution in [2.45, 2.75) is 54.8 Å². The van der Waals surface area contributed by atoms with Crippen LogP contribution >= 0.6 is 0 Å². The Morgan fingerprint density at radius 3 is 1.88 bits per heavy atom. The Labute approximate surface area is 153 Å². The van der Waals surface area contributed by atoms with Crippen molar-refractivity contribution < 1.29 is 21.6 Å². The van der Waals surface area contributed by atoms with Gasteiger partial charge in [-0.05, 0) is 43.4 Å². The molecule has 0 saturated carbocycles. The Morgan fingerprint density at radius 2 is 1.38 bits per heavy atom. The molecule has 2 rings (SSSR count). The summed E-state index contributed by atoms with van der Waals surface area (Å²) in [5, 5.41) is 0. The monoisotopic (exact) mass is 384 g/mol. The minimum Gasteiger partial charge on any atom is -0.223 e. The third kappa shape index (κ3) is 4.11. The highest BCUT2D eigenvalue weighted by molar-refractivity contribution is 7.93. The largest absolute Gasteiger partial charge is 0.408 e. The van der Waals surface area contributed by atoms with E-state index < -0.39 is 33.6 Å². The normalized spacial score (nSPS) is 14.8. The van der Waals surface area contributed by atoms with Crippen molar-refractivity contribution in [3.8, 4) is 0 Å². The maximum Gasteiger partial charge on any atom is 0.408 e. The molecule has 0 aliphatic carbocycles. The first kappa shape index (κ1) is 20.5. The number of rotatable bonds is 8. The summed E-state index contributed by atoms with van der Waals surface area (Å²) in [5.41, 5.74) is 0.900. The average Bonchev–Trinajstić information content (AvgIpc) is 2.61. The fourth-order valence-electron chi connectivity index (χ4n) is 3.28. The van der Waals surface area contributed by atoms with Crippen LogP contribution in [-0.4, -0.2) is 19.3 Å². The molecular formula is C20H23F3O2S. The van der Waals surface area contributed by atoms with E-state index in [4.69, 9.17) is 0 Å². The highest BCUT2D eigenvalue weighted by Gasteiger charge is 2.62. The summed E-state index contributed by atoms with van der Waals surface area (Å²) in [6.07, 6.45) is -5.04. The first-order chi connectivity index (χ1) is 12.2. The van der Waals surface area contributed by atoms with Crippen molar-refractivity contribution >= 4 is 9.84 Å². The summed E-state index contributed by atoms with van der Waals surface area (Å²) in [7, 11) is -4.56. The number of halogens is 3. The van der Waals surface area contributed by atoms with Crippen LogP contribution < -0.4 is 0 Å². The lowest BCUT2D eigenvalue weighted by Gasteiger charge is -2.35. The van der Waals surface area contributed by atoms with Gasteiger partial charge in [0.1, 0.15) is 0 Å². The van der Waals surface area contributed by atoms with Gasteiger partial charge in [0.15, 0.2) is 14.6 Å². The molecule has 0 radical (unpaired) electrons. The van der Waals surface area contributed by atoms with Gasteiger partial charge < -0.3 is 0 Å². The molecule has 0 aromatic heterocycles. The van der Waals surface area contributed by atoms with E-state index in [2.05, 4.69) is 0 Å². The van der Waals surface area contributed by atoms with E-state index in [0.29, 0.717) is 6.42 Å². The van der Waals surface area contributed by atoms with Crippen molar-refractivity contribution in [2.75, 3.05) is 0 Å². The molecule has 2 aromatic carbocycles. The van der Waals surface area contributed by atoms with Crippen LogP contribution in [0.3, 0.4) is 0 Å². The van der Waals surface area contributed by atoms with E-state index in [0.717, 1.165) is 5.56 Å². The van der Waals surface area contributed by atoms with Gasteiger partial charge in [-0.1, -0.05) is 61.9 Å². The van der Waals surface area contributed by atoms with Gasteiger partial charge in [0, 0.05) is 0 Å². The van der Waals surface area contributed by atoms with Crippen LogP contribution in [0.15, 0.2) is 65.6 Å². The van der Waals surface area contributed by atoms with E-state index >= 15 is 0 Å². The standard InChI is InChI=1S/C20H23F3O2S/c1-2-15-19(20(21,22)23,16-9-12-17-10-5-3-6-11-17)26(24,25)18-13-7-4-8-14-18/h3-8,10-11,13-14H,2,9,12,15-16H2,1H3. The van der Waals surface area contributed by atoms with E-state index in [-0.39, 0.29) is 17.7 Å². The predicted molar refractivity (Wildman–Crippen MR) is 96.7 cm³/mol. The fraction of sp³-hybridized carbons (Fsp3) is 0.400. The minimum atomic E-state index is -4.84. The van der Waals surface area contributed by atoms with Gasteiger partial charge in [0.05, 0.1) is 4.90 Å². The Balaban J connectivity index is 2.39. The molecule has 0 aliphatic heterocycles. The molecular weight excluding hydrogens is 361 g/mol. The first-order valence-corrected chi connectivity index (χ1v) is 10.1. The molecule has 6 heteroatoms. The Kier molecular flexibility index (Phi) is 6.50. The number of sulfone groups is 1. The van der Waals surface area contributed by atoms with Crippen molar-refractivity contribution in [3.05, 3.63) is 66.2 Å². The SMILES string of the molecule is CCCC(CCCc1ccccc1)(C(F)(F)F)S(=O)(=O)c1ccccc1. The molecule has 0 saturated heterocycles. The zero-order chi connectivity index (χ0) is 19.3. The summed E-state index contributed by atoms with van der Waals surface area (Å²) < 4.78 is 65.5. The second-order valence-corrected chi connectivity index (χ2v) is 8.66. The number of aryl methyl sites for hydroxylation is 1. The Hall–Kier alpha value is -1.82. The van der Waals surface area contributed by atoms with Crippen molar-refractivity contribution in [1.29, 1.82) is 0 Å². The van der Waals surface area contributed by atoms with Gasteiger partial charge >= 0.3 is 6.18 Å². The highest BCUT2D eigenvalue weighted by atomic mass is 32.2. The third-order valence-electron chi connectivity index (χ3n) is 4.63. The molecule has 0 amide bonds. The topological polar surface area (TPSA) is 34.1 Å². The van der Waals surface area contributed by atoms with Crippen molar-refractivity contribution in [3.63, 3.8) is 0 Å². The molecule has 0 bridgehead atoms. The third-order valence-corrected chi connectivity index (χ3v) is 7.19. The maximum atomic E-state index is 14.1. The quantitative estimate of drug-likeness (QED) is 0.595. The molecule has 0 spiro atoms. The summed E-state index contributed by atoms with van der Waals surface area (Å²) >= 11 is 0. The molecule has 2 nitrogen and oxygen atoms in total. The second kappa shape index (κ2) is 8.25. The van der Waals surface area contributed by atoms with Gasteiger partial charge in [-0.2, -0.15) is 13.2 Å². The van der Waals surface area contributed by atoms with E-state index in [1.165, 1.54) is 24.3 Å². The summed E-state index contributed by atoms with van der Waals surface area (Å²) in [6, 6.07) is 16.1. The zero-order valence-electron chi connectivity index (χ0n) is 14.7. The van der Waals surface area contributed by atoms with Crippen LogP contribution in [-0.2, 0) is 16.3 Å². The molecule has 0 fully saturated rings. The van der Waals surface area contributed by atoms with Crippen LogP contribution in [0.4, 0.5) is 13.2 Å². The summed E-state index contributed by atoms with van der Waals surface area (Å²) in [6.45, 7) is 1.58. The van der Waals surface area contributed by atoms with Gasteiger partial charge in [0.2, 0.25) is 0 Å². The number of alkyl halides is 3. The highest BCUT2D eigenvalue weighted by Crippen LogP contribution is 2.47. The number of hydrogen-bond acceptors (Lipinski definition) is 2. The smallest absolute Gasteiger partial charge is 0.223 e. The van der Waals surface area contributed by atoms with Crippen molar-refractivity contribution in [1.82, 2.24) is 0 Å². The lowest BCUT2D eigenvalue weighted by Crippen LogP contribution is -2.51. The molecule has 1 unspecified atom stereocenters. The van der Waals surface area contributed by atoms with Crippen LogP contribution in [0.2, 0.25) is 0 Å². The molecule has 0 N–H and O–H groups in total. The summed E-state index contributed by atoms with van der Waals surface area (Å²) in [5.74, 6) is 0. The number of benzene rings is 2. The molecule has 2 aromatic rings. The minimum absolute atomic E-state index is 0.136. The molecule has 0 aliphatic rings. The van der Waals surface area contributed by atoms with Gasteiger partial charge in [-0.25, -0.2) is 8.42 Å². The van der Waals surface area contributed by atoms with E-state index in [1.807, 2.05) is 30.3 Å². The van der Waals surface area contributed by atoms with Crippen molar-refractivity contribution in [2.24, 2.45) is 0 Å². The Bertz CT molecular complexity index is 787. The van der Waals surface area contributed by atoms with Crippen LogP contribution in [0.1, 0.15) is 38.2 Å². The van der Waals surface area contributed by atoms with E-state index in [9.17, 15) is 21.6 Å². The molecule has 142 valence electrons. The average molecular weight is 384 g/mol.